The first kappa shape index (κ1) is 14.3. The van der Waals surface area contributed by atoms with Gasteiger partial charge in [0.1, 0.15) is 11.6 Å². The van der Waals surface area contributed by atoms with Gasteiger partial charge in [-0.1, -0.05) is 28.0 Å². The van der Waals surface area contributed by atoms with E-state index in [4.69, 9.17) is 4.52 Å². The number of rotatable bonds is 2. The average Bonchev–Trinajstić information content (AvgIpc) is 2.85. The summed E-state index contributed by atoms with van der Waals surface area (Å²) in [4.78, 5) is 12.3. The van der Waals surface area contributed by atoms with Crippen molar-refractivity contribution in [2.24, 2.45) is 5.92 Å². The number of anilines is 1. The quantitative estimate of drug-likeness (QED) is 0.889. The van der Waals surface area contributed by atoms with Crippen LogP contribution in [-0.4, -0.2) is 11.1 Å². The zero-order valence-corrected chi connectivity index (χ0v) is 13.0. The molecule has 1 atom stereocenters. The summed E-state index contributed by atoms with van der Waals surface area (Å²) in [5, 5.41) is 6.40. The zero-order chi connectivity index (χ0) is 15.0. The molecule has 0 radical (unpaired) electrons. The lowest BCUT2D eigenvalue weighted by molar-refractivity contribution is 0.101. The number of carbonyl (C=O) groups excluding carboxylic acids is 1. The van der Waals surface area contributed by atoms with Crippen molar-refractivity contribution in [2.75, 3.05) is 5.32 Å². The molecule has 1 heterocycles. The van der Waals surface area contributed by atoms with E-state index in [1.54, 1.807) is 6.07 Å². The molecule has 0 saturated carbocycles. The molecule has 0 aliphatic heterocycles. The maximum Gasteiger partial charge on any atom is 0.278 e. The van der Waals surface area contributed by atoms with Crippen molar-refractivity contribution in [1.29, 1.82) is 0 Å². The lowest BCUT2D eigenvalue weighted by Gasteiger charge is -2.16. The Morgan fingerprint density at radius 1 is 1.52 bits per heavy atom. The van der Waals surface area contributed by atoms with Gasteiger partial charge < -0.3 is 9.84 Å². The van der Waals surface area contributed by atoms with E-state index in [1.807, 2.05) is 0 Å². The van der Waals surface area contributed by atoms with E-state index in [0.717, 1.165) is 30.6 Å². The SMILES string of the molecule is C[C@H]1CCc2onc(C(=O)Nc3ccc(Br)cc3F)c2C1. The van der Waals surface area contributed by atoms with Crippen molar-refractivity contribution in [2.45, 2.75) is 26.2 Å². The first-order chi connectivity index (χ1) is 10.0. The van der Waals surface area contributed by atoms with Crippen molar-refractivity contribution < 1.29 is 13.7 Å². The maximum atomic E-state index is 13.8. The molecule has 6 heteroatoms. The summed E-state index contributed by atoms with van der Waals surface area (Å²) in [5.41, 5.74) is 1.24. The van der Waals surface area contributed by atoms with Crippen LogP contribution in [0.3, 0.4) is 0 Å². The minimum atomic E-state index is -0.497. The third-order valence-corrected chi connectivity index (χ3v) is 4.17. The highest BCUT2D eigenvalue weighted by molar-refractivity contribution is 9.10. The predicted molar refractivity (Wildman–Crippen MR) is 79.7 cm³/mol. The molecule has 0 bridgehead atoms. The summed E-state index contributed by atoms with van der Waals surface area (Å²) < 4.78 is 19.6. The van der Waals surface area contributed by atoms with Gasteiger partial charge in [0.15, 0.2) is 5.69 Å². The summed E-state index contributed by atoms with van der Waals surface area (Å²) in [6, 6.07) is 4.47. The predicted octanol–water partition coefficient (Wildman–Crippen LogP) is 3.95. The highest BCUT2D eigenvalue weighted by atomic mass is 79.9. The van der Waals surface area contributed by atoms with Crippen molar-refractivity contribution in [3.63, 3.8) is 0 Å². The molecule has 1 aliphatic rings. The van der Waals surface area contributed by atoms with Gasteiger partial charge in [0.25, 0.3) is 5.91 Å². The van der Waals surface area contributed by atoms with Crippen LogP contribution < -0.4 is 5.32 Å². The molecule has 2 aromatic rings. The van der Waals surface area contributed by atoms with E-state index in [0.29, 0.717) is 10.4 Å². The number of amides is 1. The Bertz CT molecular complexity index is 699. The molecular weight excluding hydrogens is 339 g/mol. The lowest BCUT2D eigenvalue weighted by atomic mass is 9.88. The van der Waals surface area contributed by atoms with Gasteiger partial charge >= 0.3 is 0 Å². The van der Waals surface area contributed by atoms with Gasteiger partial charge in [-0.05, 0) is 37.0 Å². The number of carbonyl (C=O) groups is 1. The second kappa shape index (κ2) is 5.60. The van der Waals surface area contributed by atoms with Crippen LogP contribution in [0.1, 0.15) is 35.2 Å². The molecule has 1 N–H and O–H groups in total. The lowest BCUT2D eigenvalue weighted by Crippen LogP contribution is -2.18. The Balaban J connectivity index is 1.85. The molecule has 110 valence electrons. The van der Waals surface area contributed by atoms with Crippen LogP contribution in [0.2, 0.25) is 0 Å². The molecule has 4 nitrogen and oxygen atoms in total. The van der Waals surface area contributed by atoms with Crippen LogP contribution in [0.25, 0.3) is 0 Å². The highest BCUT2D eigenvalue weighted by Crippen LogP contribution is 2.28. The first-order valence-corrected chi connectivity index (χ1v) is 7.57. The number of benzene rings is 1. The van der Waals surface area contributed by atoms with Crippen LogP contribution in [0.4, 0.5) is 10.1 Å². The average molecular weight is 353 g/mol. The Hall–Kier alpha value is -1.69. The molecule has 1 aliphatic carbocycles. The van der Waals surface area contributed by atoms with Gasteiger partial charge in [-0.25, -0.2) is 4.39 Å². The van der Waals surface area contributed by atoms with Gasteiger partial charge in [-0.2, -0.15) is 0 Å². The Kier molecular flexibility index (Phi) is 3.80. The number of aromatic nitrogens is 1. The van der Waals surface area contributed by atoms with Crippen LogP contribution in [0, 0.1) is 11.7 Å². The van der Waals surface area contributed by atoms with E-state index >= 15 is 0 Å². The molecule has 1 aromatic heterocycles. The number of fused-ring (bicyclic) bond motifs is 1. The smallest absolute Gasteiger partial charge is 0.278 e. The Morgan fingerprint density at radius 2 is 2.33 bits per heavy atom. The molecule has 1 aromatic carbocycles. The Labute approximate surface area is 129 Å². The summed E-state index contributed by atoms with van der Waals surface area (Å²) in [6.45, 7) is 2.13. The van der Waals surface area contributed by atoms with Crippen LogP contribution in [0.5, 0.6) is 0 Å². The summed E-state index contributed by atoms with van der Waals surface area (Å²) in [7, 11) is 0. The largest absolute Gasteiger partial charge is 0.360 e. The summed E-state index contributed by atoms with van der Waals surface area (Å²) in [5.74, 6) is 0.334. The van der Waals surface area contributed by atoms with Crippen LogP contribution in [-0.2, 0) is 12.8 Å². The second-order valence-corrected chi connectivity index (χ2v) is 6.27. The molecule has 3 rings (SSSR count). The van der Waals surface area contributed by atoms with Gasteiger partial charge in [-0.15, -0.1) is 0 Å². The summed E-state index contributed by atoms with van der Waals surface area (Å²) in [6.07, 6.45) is 2.60. The van der Waals surface area contributed by atoms with Gasteiger partial charge in [0.05, 0.1) is 5.69 Å². The van der Waals surface area contributed by atoms with Crippen LogP contribution in [0.15, 0.2) is 27.2 Å². The number of aryl methyl sites for hydroxylation is 1. The molecule has 21 heavy (non-hydrogen) atoms. The molecule has 0 unspecified atom stereocenters. The molecule has 1 amide bonds. The van der Waals surface area contributed by atoms with E-state index in [1.165, 1.54) is 12.1 Å². The topological polar surface area (TPSA) is 55.1 Å². The van der Waals surface area contributed by atoms with E-state index < -0.39 is 11.7 Å². The maximum absolute atomic E-state index is 13.8. The summed E-state index contributed by atoms with van der Waals surface area (Å²) >= 11 is 3.18. The van der Waals surface area contributed by atoms with Crippen molar-refractivity contribution in [3.05, 3.63) is 45.5 Å². The number of hydrogen-bond donors (Lipinski definition) is 1. The fraction of sp³-hybridized carbons (Fsp3) is 0.333. The van der Waals surface area contributed by atoms with E-state index in [2.05, 4.69) is 33.3 Å². The van der Waals surface area contributed by atoms with Crippen LogP contribution >= 0.6 is 15.9 Å². The fourth-order valence-electron chi connectivity index (χ4n) is 2.53. The number of nitrogens with one attached hydrogen (secondary N) is 1. The first-order valence-electron chi connectivity index (χ1n) is 6.78. The van der Waals surface area contributed by atoms with Gasteiger partial charge in [-0.3, -0.25) is 4.79 Å². The molecular formula is C15H14BrFN2O2. The monoisotopic (exact) mass is 352 g/mol. The third-order valence-electron chi connectivity index (χ3n) is 3.68. The minimum Gasteiger partial charge on any atom is -0.360 e. The van der Waals surface area contributed by atoms with Crippen molar-refractivity contribution in [3.8, 4) is 0 Å². The third kappa shape index (κ3) is 2.85. The Morgan fingerprint density at radius 3 is 3.10 bits per heavy atom. The second-order valence-electron chi connectivity index (χ2n) is 5.36. The normalized spacial score (nSPS) is 17.4. The number of nitrogens with zero attached hydrogens (tertiary/aromatic N) is 1. The van der Waals surface area contributed by atoms with Gasteiger partial charge in [0, 0.05) is 16.5 Å². The van der Waals surface area contributed by atoms with E-state index in [9.17, 15) is 9.18 Å². The molecule has 0 fully saturated rings. The zero-order valence-electron chi connectivity index (χ0n) is 11.5. The number of hydrogen-bond acceptors (Lipinski definition) is 3. The molecule has 0 spiro atoms. The molecule has 0 saturated heterocycles. The minimum absolute atomic E-state index is 0.129. The fourth-order valence-corrected chi connectivity index (χ4v) is 2.86. The van der Waals surface area contributed by atoms with Crippen molar-refractivity contribution in [1.82, 2.24) is 5.16 Å². The van der Waals surface area contributed by atoms with Crippen molar-refractivity contribution >= 4 is 27.5 Å². The van der Waals surface area contributed by atoms with Gasteiger partial charge in [0.2, 0.25) is 0 Å². The van der Waals surface area contributed by atoms with E-state index in [-0.39, 0.29) is 11.4 Å². The standard InChI is InChI=1S/C15H14BrFN2O2/c1-8-2-5-13-10(6-8)14(19-21-13)15(20)18-12-4-3-9(16)7-11(12)17/h3-4,7-8H,2,5-6H2,1H3,(H,18,20)/t8-/m0/s1. The number of halogens is 2. The highest BCUT2D eigenvalue weighted by Gasteiger charge is 2.27.